The quantitative estimate of drug-likeness (QED) is 0.629. The SMILES string of the molecule is Nc1cc(Br)ccc1N1C(=O)C2CCC(O2)C1=O. The highest BCUT2D eigenvalue weighted by Crippen LogP contribution is 2.35. The van der Waals surface area contributed by atoms with Gasteiger partial charge in [-0.2, -0.15) is 0 Å². The molecule has 2 bridgehead atoms. The number of carbonyl (C=O) groups excluding carboxylic acids is 2. The van der Waals surface area contributed by atoms with Crippen LogP contribution in [0.15, 0.2) is 22.7 Å². The minimum absolute atomic E-state index is 0.317. The fourth-order valence-corrected chi connectivity index (χ4v) is 2.74. The molecule has 0 radical (unpaired) electrons. The summed E-state index contributed by atoms with van der Waals surface area (Å²) in [5.41, 5.74) is 6.71. The number of nitrogens with zero attached hydrogens (tertiary/aromatic N) is 1. The van der Waals surface area contributed by atoms with Gasteiger partial charge in [-0.15, -0.1) is 0 Å². The highest BCUT2D eigenvalue weighted by Gasteiger charge is 2.47. The number of hydrogen-bond acceptors (Lipinski definition) is 4. The van der Waals surface area contributed by atoms with Gasteiger partial charge in [0, 0.05) is 4.47 Å². The van der Waals surface area contributed by atoms with Crippen LogP contribution in [0.2, 0.25) is 0 Å². The first-order valence-electron chi connectivity index (χ1n) is 5.66. The predicted molar refractivity (Wildman–Crippen MR) is 68.9 cm³/mol. The van der Waals surface area contributed by atoms with Crippen molar-refractivity contribution in [2.75, 3.05) is 10.6 Å². The number of ether oxygens (including phenoxy) is 1. The number of fused-ring (bicyclic) bond motifs is 2. The van der Waals surface area contributed by atoms with Crippen molar-refractivity contribution >= 4 is 39.1 Å². The highest BCUT2D eigenvalue weighted by atomic mass is 79.9. The van der Waals surface area contributed by atoms with Crippen molar-refractivity contribution in [2.24, 2.45) is 0 Å². The summed E-state index contributed by atoms with van der Waals surface area (Å²) >= 11 is 3.29. The Kier molecular flexibility index (Phi) is 2.64. The average molecular weight is 311 g/mol. The Morgan fingerprint density at radius 1 is 1.22 bits per heavy atom. The molecule has 0 aliphatic carbocycles. The number of anilines is 2. The van der Waals surface area contributed by atoms with Gasteiger partial charge < -0.3 is 10.5 Å². The maximum Gasteiger partial charge on any atom is 0.263 e. The lowest BCUT2D eigenvalue weighted by atomic mass is 10.2. The summed E-state index contributed by atoms with van der Waals surface area (Å²) in [5, 5.41) is 0. The summed E-state index contributed by atoms with van der Waals surface area (Å²) in [6, 6.07) is 5.09. The predicted octanol–water partition coefficient (Wildman–Crippen LogP) is 1.45. The maximum absolute atomic E-state index is 12.1. The zero-order valence-electron chi connectivity index (χ0n) is 9.43. The molecule has 0 spiro atoms. The van der Waals surface area contributed by atoms with Crippen molar-refractivity contribution in [3.05, 3.63) is 22.7 Å². The summed E-state index contributed by atoms with van der Waals surface area (Å²) in [6.07, 6.45) is 0.191. The molecule has 1 aromatic carbocycles. The summed E-state index contributed by atoms with van der Waals surface area (Å²) in [7, 11) is 0. The topological polar surface area (TPSA) is 72.6 Å². The maximum atomic E-state index is 12.1. The van der Waals surface area contributed by atoms with Crippen LogP contribution in [-0.2, 0) is 14.3 Å². The standard InChI is InChI=1S/C12H11BrN2O3/c13-6-1-2-8(7(14)5-6)15-11(16)9-3-4-10(18-9)12(15)17/h1-2,5,9-10H,3-4,14H2. The van der Waals surface area contributed by atoms with E-state index < -0.39 is 12.2 Å². The van der Waals surface area contributed by atoms with Gasteiger partial charge in [-0.1, -0.05) is 15.9 Å². The Balaban J connectivity index is 2.05. The molecule has 2 unspecified atom stereocenters. The summed E-state index contributed by atoms with van der Waals surface area (Å²) in [4.78, 5) is 25.4. The fourth-order valence-electron chi connectivity index (χ4n) is 2.36. The van der Waals surface area contributed by atoms with Gasteiger partial charge in [0.2, 0.25) is 0 Å². The first-order valence-corrected chi connectivity index (χ1v) is 6.45. The molecule has 94 valence electrons. The zero-order valence-corrected chi connectivity index (χ0v) is 11.0. The molecule has 3 rings (SSSR count). The fraction of sp³-hybridized carbons (Fsp3) is 0.333. The summed E-state index contributed by atoms with van der Waals surface area (Å²) in [6.45, 7) is 0. The molecule has 5 nitrogen and oxygen atoms in total. The lowest BCUT2D eigenvalue weighted by molar-refractivity contribution is -0.146. The minimum Gasteiger partial charge on any atom is -0.397 e. The van der Waals surface area contributed by atoms with Crippen LogP contribution in [0, 0.1) is 0 Å². The normalized spacial score (nSPS) is 26.8. The van der Waals surface area contributed by atoms with Crippen molar-refractivity contribution in [3.8, 4) is 0 Å². The Morgan fingerprint density at radius 2 is 1.83 bits per heavy atom. The largest absolute Gasteiger partial charge is 0.397 e. The van der Waals surface area contributed by atoms with Gasteiger partial charge in [0.15, 0.2) is 0 Å². The lowest BCUT2D eigenvalue weighted by Gasteiger charge is -2.30. The Morgan fingerprint density at radius 3 is 2.39 bits per heavy atom. The molecule has 2 fully saturated rings. The third kappa shape index (κ3) is 1.64. The number of carbonyl (C=O) groups is 2. The molecule has 2 aliphatic heterocycles. The Labute approximate surface area is 112 Å². The van der Waals surface area contributed by atoms with Crippen LogP contribution in [0.3, 0.4) is 0 Å². The van der Waals surface area contributed by atoms with Gasteiger partial charge in [0.05, 0.1) is 11.4 Å². The van der Waals surface area contributed by atoms with Crippen LogP contribution in [0.1, 0.15) is 12.8 Å². The molecule has 2 heterocycles. The van der Waals surface area contributed by atoms with Gasteiger partial charge in [-0.25, -0.2) is 4.90 Å². The van der Waals surface area contributed by atoms with Crippen LogP contribution in [0.5, 0.6) is 0 Å². The van der Waals surface area contributed by atoms with E-state index in [1.807, 2.05) is 0 Å². The molecule has 2 saturated heterocycles. The third-order valence-corrected chi connectivity index (χ3v) is 3.73. The van der Waals surface area contributed by atoms with Crippen LogP contribution in [-0.4, -0.2) is 24.0 Å². The van der Waals surface area contributed by atoms with Gasteiger partial charge in [0.25, 0.3) is 11.8 Å². The van der Waals surface area contributed by atoms with E-state index in [0.29, 0.717) is 24.2 Å². The second-order valence-electron chi connectivity index (χ2n) is 4.41. The number of benzene rings is 1. The molecule has 6 heteroatoms. The number of morpholine rings is 1. The molecule has 18 heavy (non-hydrogen) atoms. The highest BCUT2D eigenvalue weighted by molar-refractivity contribution is 9.10. The summed E-state index contributed by atoms with van der Waals surface area (Å²) < 4.78 is 6.15. The number of nitrogens with two attached hydrogens (primary N) is 1. The van der Waals surface area contributed by atoms with E-state index in [1.54, 1.807) is 18.2 Å². The van der Waals surface area contributed by atoms with Crippen molar-refractivity contribution in [2.45, 2.75) is 25.0 Å². The zero-order chi connectivity index (χ0) is 12.9. The smallest absolute Gasteiger partial charge is 0.263 e. The van der Waals surface area contributed by atoms with E-state index in [9.17, 15) is 9.59 Å². The molecule has 2 amide bonds. The van der Waals surface area contributed by atoms with E-state index in [2.05, 4.69) is 15.9 Å². The number of imide groups is 1. The second kappa shape index (κ2) is 4.07. The number of nitrogen functional groups attached to an aromatic ring is 1. The van der Waals surface area contributed by atoms with E-state index in [0.717, 1.165) is 9.37 Å². The molecule has 0 aromatic heterocycles. The van der Waals surface area contributed by atoms with Gasteiger partial charge in [-0.3, -0.25) is 9.59 Å². The first kappa shape index (κ1) is 11.7. The second-order valence-corrected chi connectivity index (χ2v) is 5.32. The van der Waals surface area contributed by atoms with Crippen LogP contribution in [0.4, 0.5) is 11.4 Å². The van der Waals surface area contributed by atoms with Gasteiger partial charge >= 0.3 is 0 Å². The molecular weight excluding hydrogens is 300 g/mol. The molecular formula is C12H11BrN2O3. The number of hydrogen-bond donors (Lipinski definition) is 1. The molecule has 2 aliphatic rings. The van der Waals surface area contributed by atoms with Crippen LogP contribution >= 0.6 is 15.9 Å². The first-order chi connectivity index (χ1) is 8.58. The monoisotopic (exact) mass is 310 g/mol. The lowest BCUT2D eigenvalue weighted by Crippen LogP contribution is -2.52. The van der Waals surface area contributed by atoms with Crippen molar-refractivity contribution in [1.29, 1.82) is 0 Å². The van der Waals surface area contributed by atoms with E-state index in [1.165, 1.54) is 0 Å². The van der Waals surface area contributed by atoms with Crippen molar-refractivity contribution < 1.29 is 14.3 Å². The number of amides is 2. The minimum atomic E-state index is -0.504. The van der Waals surface area contributed by atoms with Crippen molar-refractivity contribution in [1.82, 2.24) is 0 Å². The van der Waals surface area contributed by atoms with Crippen molar-refractivity contribution in [3.63, 3.8) is 0 Å². The number of halogens is 1. The van der Waals surface area contributed by atoms with E-state index in [-0.39, 0.29) is 11.8 Å². The van der Waals surface area contributed by atoms with Gasteiger partial charge in [-0.05, 0) is 31.0 Å². The van der Waals surface area contributed by atoms with Crippen LogP contribution in [0.25, 0.3) is 0 Å². The molecule has 1 aromatic rings. The summed E-state index contributed by atoms with van der Waals surface area (Å²) in [5.74, 6) is -0.634. The van der Waals surface area contributed by atoms with Gasteiger partial charge in [0.1, 0.15) is 12.2 Å². The molecule has 2 N–H and O–H groups in total. The average Bonchev–Trinajstić information content (AvgIpc) is 2.76. The molecule has 2 atom stereocenters. The Bertz CT molecular complexity index is 524. The third-order valence-electron chi connectivity index (χ3n) is 3.24. The van der Waals surface area contributed by atoms with E-state index in [4.69, 9.17) is 10.5 Å². The van der Waals surface area contributed by atoms with E-state index >= 15 is 0 Å². The van der Waals surface area contributed by atoms with Crippen LogP contribution < -0.4 is 10.6 Å². The number of rotatable bonds is 1. The Hall–Kier alpha value is -1.40. The molecule has 0 saturated carbocycles.